The summed E-state index contributed by atoms with van der Waals surface area (Å²) in [6.07, 6.45) is -0.308. The molecule has 1 unspecified atom stereocenters. The van der Waals surface area contributed by atoms with Crippen LogP contribution in [0.3, 0.4) is 0 Å². The van der Waals surface area contributed by atoms with Crippen molar-refractivity contribution >= 4 is 5.97 Å². The second-order valence-corrected chi connectivity index (χ2v) is 2.32. The van der Waals surface area contributed by atoms with Gasteiger partial charge in [-0.25, -0.2) is 4.79 Å². The van der Waals surface area contributed by atoms with Gasteiger partial charge in [-0.1, -0.05) is 6.58 Å². The highest BCUT2D eigenvalue weighted by atomic mass is 16.6. The molecule has 0 rings (SSSR count). The van der Waals surface area contributed by atoms with Crippen molar-refractivity contribution in [1.82, 2.24) is 0 Å². The van der Waals surface area contributed by atoms with Crippen LogP contribution < -0.4 is 0 Å². The molecule has 3 N–H and O–H groups in total. The Bertz CT molecular complexity index is 175. The molecule has 0 fully saturated rings. The van der Waals surface area contributed by atoms with E-state index in [2.05, 4.69) is 11.3 Å². The summed E-state index contributed by atoms with van der Waals surface area (Å²) in [5.41, 5.74) is 0. The van der Waals surface area contributed by atoms with E-state index >= 15 is 0 Å². The molecule has 0 aromatic carbocycles. The molecule has 0 saturated heterocycles. The second kappa shape index (κ2) is 4.20. The van der Waals surface area contributed by atoms with Gasteiger partial charge in [0.25, 0.3) is 0 Å². The molecule has 0 aliphatic rings. The molecule has 0 spiro atoms. The third-order valence-electron chi connectivity index (χ3n) is 1.34. The van der Waals surface area contributed by atoms with E-state index < -0.39 is 24.5 Å². The zero-order chi connectivity index (χ0) is 9.78. The number of ether oxygens (including phenoxy) is 1. The summed E-state index contributed by atoms with van der Waals surface area (Å²) in [6, 6.07) is 0. The largest absolute Gasteiger partial charge is 0.454 e. The molecular weight excluding hydrogens is 164 g/mol. The molecule has 5 heteroatoms. The summed E-state index contributed by atoms with van der Waals surface area (Å²) < 4.78 is 4.44. The van der Waals surface area contributed by atoms with E-state index in [1.54, 1.807) is 0 Å². The molecule has 12 heavy (non-hydrogen) atoms. The van der Waals surface area contributed by atoms with Crippen LogP contribution in [0.2, 0.25) is 0 Å². The zero-order valence-electron chi connectivity index (χ0n) is 6.73. The Kier molecular flexibility index (Phi) is 3.88. The van der Waals surface area contributed by atoms with E-state index in [9.17, 15) is 4.79 Å². The molecule has 0 bridgehead atoms. The van der Waals surface area contributed by atoms with Crippen LogP contribution in [0.25, 0.3) is 0 Å². The van der Waals surface area contributed by atoms with E-state index in [1.165, 1.54) is 6.92 Å². The first kappa shape index (κ1) is 11.1. The SMILES string of the molecule is C=CC(=O)OC(C)C(O)(O)CO. The minimum Gasteiger partial charge on any atom is -0.454 e. The summed E-state index contributed by atoms with van der Waals surface area (Å²) >= 11 is 0. The maximum atomic E-state index is 10.5. The van der Waals surface area contributed by atoms with Crippen molar-refractivity contribution in [1.29, 1.82) is 0 Å². The molecular formula is C7H12O5. The zero-order valence-corrected chi connectivity index (χ0v) is 6.73. The topological polar surface area (TPSA) is 87.0 Å². The van der Waals surface area contributed by atoms with Gasteiger partial charge in [0.15, 0.2) is 6.10 Å². The first-order valence-corrected chi connectivity index (χ1v) is 3.32. The highest BCUT2D eigenvalue weighted by Crippen LogP contribution is 2.09. The van der Waals surface area contributed by atoms with Crippen LogP contribution in [0, 0.1) is 0 Å². The van der Waals surface area contributed by atoms with Crippen LogP contribution in [-0.2, 0) is 9.53 Å². The van der Waals surface area contributed by atoms with Crippen molar-refractivity contribution in [2.24, 2.45) is 0 Å². The summed E-state index contributed by atoms with van der Waals surface area (Å²) in [5, 5.41) is 26.3. The van der Waals surface area contributed by atoms with E-state index in [1.807, 2.05) is 0 Å². The molecule has 0 amide bonds. The summed E-state index contributed by atoms with van der Waals surface area (Å²) in [6.45, 7) is 3.46. The number of hydrogen-bond donors (Lipinski definition) is 3. The van der Waals surface area contributed by atoms with Crippen molar-refractivity contribution in [3.05, 3.63) is 12.7 Å². The number of carbonyl (C=O) groups excluding carboxylic acids is 1. The highest BCUT2D eigenvalue weighted by Gasteiger charge is 2.32. The van der Waals surface area contributed by atoms with Crippen LogP contribution in [0.1, 0.15) is 6.92 Å². The van der Waals surface area contributed by atoms with Gasteiger partial charge in [0, 0.05) is 6.08 Å². The number of carbonyl (C=O) groups is 1. The lowest BCUT2D eigenvalue weighted by molar-refractivity contribution is -0.245. The Labute approximate surface area is 69.9 Å². The van der Waals surface area contributed by atoms with E-state index in [4.69, 9.17) is 15.3 Å². The van der Waals surface area contributed by atoms with Gasteiger partial charge in [0.1, 0.15) is 6.61 Å². The third kappa shape index (κ3) is 3.00. The van der Waals surface area contributed by atoms with E-state index in [0.717, 1.165) is 6.08 Å². The third-order valence-corrected chi connectivity index (χ3v) is 1.34. The number of aliphatic hydroxyl groups excluding tert-OH is 1. The van der Waals surface area contributed by atoms with Crippen LogP contribution in [0.5, 0.6) is 0 Å². The van der Waals surface area contributed by atoms with Gasteiger partial charge in [0.05, 0.1) is 0 Å². The van der Waals surface area contributed by atoms with Crippen molar-refractivity contribution in [3.8, 4) is 0 Å². The van der Waals surface area contributed by atoms with Crippen molar-refractivity contribution < 1.29 is 24.9 Å². The van der Waals surface area contributed by atoms with Crippen molar-refractivity contribution in [2.75, 3.05) is 6.61 Å². The lowest BCUT2D eigenvalue weighted by Gasteiger charge is -2.25. The van der Waals surface area contributed by atoms with Gasteiger partial charge in [-0.2, -0.15) is 0 Å². The first-order valence-electron chi connectivity index (χ1n) is 3.32. The van der Waals surface area contributed by atoms with Gasteiger partial charge >= 0.3 is 5.97 Å². The van der Waals surface area contributed by atoms with Crippen LogP contribution in [0.15, 0.2) is 12.7 Å². The maximum Gasteiger partial charge on any atom is 0.330 e. The van der Waals surface area contributed by atoms with E-state index in [-0.39, 0.29) is 0 Å². The van der Waals surface area contributed by atoms with Gasteiger partial charge in [-0.15, -0.1) is 0 Å². The lowest BCUT2D eigenvalue weighted by atomic mass is 10.2. The maximum absolute atomic E-state index is 10.5. The van der Waals surface area contributed by atoms with Gasteiger partial charge < -0.3 is 20.1 Å². The Morgan fingerprint density at radius 1 is 1.75 bits per heavy atom. The van der Waals surface area contributed by atoms with Crippen molar-refractivity contribution in [3.63, 3.8) is 0 Å². The fourth-order valence-corrected chi connectivity index (χ4v) is 0.445. The molecule has 5 nitrogen and oxygen atoms in total. The number of hydrogen-bond acceptors (Lipinski definition) is 5. The Morgan fingerprint density at radius 2 is 2.25 bits per heavy atom. The molecule has 0 aliphatic heterocycles. The second-order valence-electron chi connectivity index (χ2n) is 2.32. The minimum atomic E-state index is -2.40. The molecule has 0 radical (unpaired) electrons. The van der Waals surface area contributed by atoms with Crippen molar-refractivity contribution in [2.45, 2.75) is 18.8 Å². The molecule has 0 aromatic heterocycles. The smallest absolute Gasteiger partial charge is 0.330 e. The molecule has 1 atom stereocenters. The highest BCUT2D eigenvalue weighted by molar-refractivity contribution is 5.81. The molecule has 70 valence electrons. The van der Waals surface area contributed by atoms with E-state index in [0.29, 0.717) is 0 Å². The normalized spacial score (nSPS) is 13.7. The summed E-state index contributed by atoms with van der Waals surface area (Å²) in [7, 11) is 0. The summed E-state index contributed by atoms with van der Waals surface area (Å²) in [5.74, 6) is -3.18. The summed E-state index contributed by atoms with van der Waals surface area (Å²) in [4.78, 5) is 10.5. The number of aliphatic hydroxyl groups is 3. The lowest BCUT2D eigenvalue weighted by Crippen LogP contribution is -2.46. The molecule has 0 aliphatic carbocycles. The average Bonchev–Trinajstić information content (AvgIpc) is 2.04. The first-order chi connectivity index (χ1) is 5.44. The minimum absolute atomic E-state index is 0.775. The van der Waals surface area contributed by atoms with Gasteiger partial charge in [-0.05, 0) is 6.92 Å². The quantitative estimate of drug-likeness (QED) is 0.284. The molecule has 0 saturated carbocycles. The average molecular weight is 176 g/mol. The van der Waals surface area contributed by atoms with Crippen LogP contribution in [-0.4, -0.2) is 39.8 Å². The predicted molar refractivity (Wildman–Crippen MR) is 40.0 cm³/mol. The van der Waals surface area contributed by atoms with Gasteiger partial charge in [0.2, 0.25) is 5.79 Å². The predicted octanol–water partition coefficient (Wildman–Crippen LogP) is -1.22. The van der Waals surface area contributed by atoms with Gasteiger partial charge in [-0.3, -0.25) is 0 Å². The van der Waals surface area contributed by atoms with Crippen LogP contribution in [0.4, 0.5) is 0 Å². The Balaban J connectivity index is 4.11. The monoisotopic (exact) mass is 176 g/mol. The number of rotatable bonds is 4. The Morgan fingerprint density at radius 3 is 2.58 bits per heavy atom. The molecule has 0 heterocycles. The Hall–Kier alpha value is -0.910. The van der Waals surface area contributed by atoms with Crippen LogP contribution >= 0.6 is 0 Å². The fraction of sp³-hybridized carbons (Fsp3) is 0.571. The molecule has 0 aromatic rings. The fourth-order valence-electron chi connectivity index (χ4n) is 0.445. The number of esters is 1. The standard InChI is InChI=1S/C7H12O5/c1-3-6(9)12-5(2)7(10,11)4-8/h3,5,8,10-11H,1,4H2,2H3.